The zero-order valence-corrected chi connectivity index (χ0v) is 17.9. The Labute approximate surface area is 187 Å². The van der Waals surface area contributed by atoms with E-state index in [1.807, 2.05) is 18.2 Å². The van der Waals surface area contributed by atoms with Crippen molar-refractivity contribution >= 4 is 23.2 Å². The number of amides is 2. The molecule has 2 aromatic rings. The minimum Gasteiger partial charge on any atom is -0.421 e. The molecule has 7 nitrogen and oxygen atoms in total. The summed E-state index contributed by atoms with van der Waals surface area (Å²) in [4.78, 5) is 14.2. The Bertz CT molecular complexity index is 1000. The number of rotatable bonds is 6. The lowest BCUT2D eigenvalue weighted by Crippen LogP contribution is -2.43. The average molecular weight is 471 g/mol. The van der Waals surface area contributed by atoms with Crippen molar-refractivity contribution in [3.8, 4) is 0 Å². The van der Waals surface area contributed by atoms with E-state index in [9.17, 15) is 18.0 Å². The van der Waals surface area contributed by atoms with E-state index in [4.69, 9.17) is 16.0 Å². The Hall–Kier alpha value is -2.59. The average Bonchev–Trinajstić information content (AvgIpc) is 3.18. The monoisotopic (exact) mass is 470 g/mol. The molecule has 1 aliphatic heterocycles. The largest absolute Gasteiger partial charge is 0.522 e. The third-order valence-electron chi connectivity index (χ3n) is 5.66. The molecule has 2 heterocycles. The van der Waals surface area contributed by atoms with Gasteiger partial charge in [-0.3, -0.25) is 4.74 Å². The summed E-state index contributed by atoms with van der Waals surface area (Å²) >= 11 is 6.02. The highest BCUT2D eigenvalue weighted by Crippen LogP contribution is 2.41. The molecule has 2 aliphatic rings. The maximum atomic E-state index is 12.5. The highest BCUT2D eigenvalue weighted by molar-refractivity contribution is 6.30. The third kappa shape index (κ3) is 5.42. The van der Waals surface area contributed by atoms with Crippen LogP contribution in [0.15, 0.2) is 29.2 Å². The molecule has 0 unspecified atom stereocenters. The Morgan fingerprint density at radius 2 is 2.09 bits per heavy atom. The van der Waals surface area contributed by atoms with E-state index < -0.39 is 12.5 Å². The van der Waals surface area contributed by atoms with Gasteiger partial charge in [-0.25, -0.2) is 4.79 Å². The Balaban J connectivity index is 1.20. The van der Waals surface area contributed by atoms with Gasteiger partial charge in [0.15, 0.2) is 0 Å². The standard InChI is InChI=1S/C21H22ClF3N4O3/c1-12(18-27-28-19(31-18)15-9-17(10-15)32-21(23,24)25)4-6-26-20(30)29-7-5-13-8-16(22)3-2-14(13)11-29/h2-3,8,15,17H,1,4-7,9-11H2,(H,26,30). The molecule has 0 bridgehead atoms. The zero-order valence-electron chi connectivity index (χ0n) is 17.1. The topological polar surface area (TPSA) is 80.5 Å². The highest BCUT2D eigenvalue weighted by atomic mass is 35.5. The molecule has 1 saturated carbocycles. The summed E-state index contributed by atoms with van der Waals surface area (Å²) in [7, 11) is 0. The maximum absolute atomic E-state index is 12.5. The number of carbonyl (C=O) groups is 1. The lowest BCUT2D eigenvalue weighted by molar-refractivity contribution is -0.352. The molecule has 0 atom stereocenters. The van der Waals surface area contributed by atoms with Crippen LogP contribution < -0.4 is 5.32 Å². The lowest BCUT2D eigenvalue weighted by Gasteiger charge is -2.32. The summed E-state index contributed by atoms with van der Waals surface area (Å²) < 4.78 is 46.2. The van der Waals surface area contributed by atoms with E-state index >= 15 is 0 Å². The van der Waals surface area contributed by atoms with Gasteiger partial charge in [-0.05, 0) is 48.9 Å². The second kappa shape index (κ2) is 9.11. The first kappa shape index (κ1) is 22.6. The molecule has 0 radical (unpaired) electrons. The summed E-state index contributed by atoms with van der Waals surface area (Å²) in [5.74, 6) is 0.241. The molecular weight excluding hydrogens is 449 g/mol. The van der Waals surface area contributed by atoms with Crippen LogP contribution in [0, 0.1) is 0 Å². The van der Waals surface area contributed by atoms with Gasteiger partial charge in [-0.15, -0.1) is 23.4 Å². The summed E-state index contributed by atoms with van der Waals surface area (Å²) in [6, 6.07) is 5.51. The molecule has 0 saturated heterocycles. The molecule has 2 amide bonds. The first-order valence-corrected chi connectivity index (χ1v) is 10.6. The van der Waals surface area contributed by atoms with Gasteiger partial charge in [-0.1, -0.05) is 24.2 Å². The number of benzene rings is 1. The summed E-state index contributed by atoms with van der Waals surface area (Å²) in [6.45, 7) is 5.37. The van der Waals surface area contributed by atoms with Crippen LogP contribution in [0.2, 0.25) is 5.02 Å². The molecule has 1 fully saturated rings. The molecule has 4 rings (SSSR count). The number of carbonyl (C=O) groups excluding carboxylic acids is 1. The van der Waals surface area contributed by atoms with Gasteiger partial charge in [0.1, 0.15) is 0 Å². The first-order chi connectivity index (χ1) is 15.2. The predicted octanol–water partition coefficient (Wildman–Crippen LogP) is 4.68. The fourth-order valence-electron chi connectivity index (χ4n) is 3.83. The second-order valence-corrected chi connectivity index (χ2v) is 8.41. The number of hydrogen-bond donors (Lipinski definition) is 1. The van der Waals surface area contributed by atoms with Crippen LogP contribution >= 0.6 is 11.6 Å². The third-order valence-corrected chi connectivity index (χ3v) is 5.89. The van der Waals surface area contributed by atoms with Gasteiger partial charge in [0.05, 0.1) is 6.10 Å². The van der Waals surface area contributed by atoms with Crippen LogP contribution in [-0.2, 0) is 17.7 Å². The van der Waals surface area contributed by atoms with E-state index in [-0.39, 0.29) is 36.6 Å². The SMILES string of the molecule is C=C(CCNC(=O)N1CCc2cc(Cl)ccc2C1)c1nnc(C2CC(OC(F)(F)F)C2)o1. The Kier molecular flexibility index (Phi) is 6.43. The summed E-state index contributed by atoms with van der Waals surface area (Å²) in [6.07, 6.45) is -4.02. The molecule has 172 valence electrons. The van der Waals surface area contributed by atoms with Gasteiger partial charge < -0.3 is 14.6 Å². The number of urea groups is 1. The van der Waals surface area contributed by atoms with Crippen molar-refractivity contribution in [1.82, 2.24) is 20.4 Å². The van der Waals surface area contributed by atoms with Crippen LogP contribution in [0.1, 0.15) is 48.1 Å². The first-order valence-electron chi connectivity index (χ1n) is 10.2. The van der Waals surface area contributed by atoms with E-state index in [1.54, 1.807) is 4.90 Å². The van der Waals surface area contributed by atoms with Crippen LogP contribution in [0.5, 0.6) is 0 Å². The number of halogens is 4. The molecule has 11 heteroatoms. The number of ether oxygens (including phenoxy) is 1. The van der Waals surface area contributed by atoms with Crippen LogP contribution in [0.25, 0.3) is 5.57 Å². The Morgan fingerprint density at radius 3 is 2.84 bits per heavy atom. The van der Waals surface area contributed by atoms with E-state index in [2.05, 4.69) is 26.8 Å². The van der Waals surface area contributed by atoms with Crippen molar-refractivity contribution in [2.45, 2.75) is 50.6 Å². The Morgan fingerprint density at radius 1 is 1.31 bits per heavy atom. The van der Waals surface area contributed by atoms with Crippen LogP contribution in [0.3, 0.4) is 0 Å². The predicted molar refractivity (Wildman–Crippen MR) is 110 cm³/mol. The van der Waals surface area contributed by atoms with Crippen molar-refractivity contribution in [2.24, 2.45) is 0 Å². The van der Waals surface area contributed by atoms with Crippen molar-refractivity contribution in [2.75, 3.05) is 13.1 Å². The van der Waals surface area contributed by atoms with Gasteiger partial charge in [0, 0.05) is 36.1 Å². The van der Waals surface area contributed by atoms with E-state index in [1.165, 1.54) is 0 Å². The molecule has 1 aliphatic carbocycles. The zero-order chi connectivity index (χ0) is 22.9. The van der Waals surface area contributed by atoms with Crippen LogP contribution in [0.4, 0.5) is 18.0 Å². The fraction of sp³-hybridized carbons (Fsp3) is 0.476. The number of nitrogens with zero attached hydrogens (tertiary/aromatic N) is 3. The van der Waals surface area contributed by atoms with Gasteiger partial charge in [0.25, 0.3) is 0 Å². The van der Waals surface area contributed by atoms with E-state index in [0.29, 0.717) is 36.7 Å². The minimum atomic E-state index is -4.64. The number of fused-ring (bicyclic) bond motifs is 1. The quantitative estimate of drug-likeness (QED) is 0.663. The molecule has 32 heavy (non-hydrogen) atoms. The van der Waals surface area contributed by atoms with Crippen molar-refractivity contribution in [1.29, 1.82) is 0 Å². The van der Waals surface area contributed by atoms with Crippen molar-refractivity contribution in [3.05, 3.63) is 52.7 Å². The number of aromatic nitrogens is 2. The molecule has 1 aromatic carbocycles. The smallest absolute Gasteiger partial charge is 0.421 e. The van der Waals surface area contributed by atoms with Crippen LogP contribution in [-0.4, -0.2) is 46.7 Å². The van der Waals surface area contributed by atoms with E-state index in [0.717, 1.165) is 17.5 Å². The highest BCUT2D eigenvalue weighted by Gasteiger charge is 2.42. The molecule has 1 N–H and O–H groups in total. The summed E-state index contributed by atoms with van der Waals surface area (Å²) in [5, 5.41) is 11.4. The molecule has 1 aromatic heterocycles. The fourth-order valence-corrected chi connectivity index (χ4v) is 4.02. The van der Waals surface area contributed by atoms with Gasteiger partial charge in [0.2, 0.25) is 11.8 Å². The normalized spacial score (nSPS) is 20.4. The van der Waals surface area contributed by atoms with Gasteiger partial charge >= 0.3 is 12.4 Å². The lowest BCUT2D eigenvalue weighted by atomic mass is 9.82. The number of nitrogens with one attached hydrogen (secondary N) is 1. The number of alkyl halides is 3. The van der Waals surface area contributed by atoms with Crippen molar-refractivity contribution < 1.29 is 27.1 Å². The second-order valence-electron chi connectivity index (χ2n) is 7.97. The maximum Gasteiger partial charge on any atom is 0.522 e. The van der Waals surface area contributed by atoms with Gasteiger partial charge in [-0.2, -0.15) is 0 Å². The molecule has 0 spiro atoms. The minimum absolute atomic E-state index is 0.171. The molecular formula is C21H22ClF3N4O3. The number of hydrogen-bond acceptors (Lipinski definition) is 5. The summed E-state index contributed by atoms with van der Waals surface area (Å²) in [5.41, 5.74) is 2.78. The van der Waals surface area contributed by atoms with Crippen molar-refractivity contribution in [3.63, 3.8) is 0 Å².